The zero-order chi connectivity index (χ0) is 43.1. The Morgan fingerprint density at radius 3 is 1.28 bits per heavy atom. The number of anilines is 6. The highest BCUT2D eigenvalue weighted by atomic mass is 32.2. The maximum atomic E-state index is 13.2. The Labute approximate surface area is 349 Å². The first-order valence-corrected chi connectivity index (χ1v) is 21.3. The summed E-state index contributed by atoms with van der Waals surface area (Å²) in [5.41, 5.74) is 2.00. The Kier molecular flexibility index (Phi) is 11.8. The molecule has 0 aliphatic rings. The van der Waals surface area contributed by atoms with Crippen molar-refractivity contribution in [2.24, 2.45) is 0 Å². The first-order valence-electron chi connectivity index (χ1n) is 18.3. The predicted octanol–water partition coefficient (Wildman–Crippen LogP) is 8.61. The Balaban J connectivity index is 0.939. The fraction of sp³-hybridized carbons (Fsp3) is 0.0233. The number of nitrogens with one attached hydrogen (secondary N) is 8. The SMILES string of the molecule is Cc1ccc(NC(=O)NS(=O)(=O)c2cccc(NC(=O)Nc3cccc4ccccc34)c2)cc1NC(=O)NS(=O)(=O)c1cccc(NC(=O)Nc2cccc3ccccc23)c1. The van der Waals surface area contributed by atoms with Gasteiger partial charge in [0.1, 0.15) is 0 Å². The second-order valence-electron chi connectivity index (χ2n) is 13.4. The van der Waals surface area contributed by atoms with Crippen molar-refractivity contribution >= 4 is 99.8 Å². The molecule has 0 fully saturated rings. The quantitative estimate of drug-likeness (QED) is 0.0662. The number of amides is 8. The van der Waals surface area contributed by atoms with E-state index in [4.69, 9.17) is 0 Å². The summed E-state index contributed by atoms with van der Waals surface area (Å²) in [6.07, 6.45) is 0. The van der Waals surface area contributed by atoms with Crippen LogP contribution in [0.3, 0.4) is 0 Å². The molecule has 8 N–H and O–H groups in total. The van der Waals surface area contributed by atoms with Gasteiger partial charge in [-0.25, -0.2) is 45.5 Å². The summed E-state index contributed by atoms with van der Waals surface area (Å²) in [6, 6.07) is 37.1. The number of fused-ring (bicyclic) bond motifs is 2. The molecule has 0 spiro atoms. The van der Waals surface area contributed by atoms with Crippen LogP contribution >= 0.6 is 0 Å². The van der Waals surface area contributed by atoms with Crippen LogP contribution in [0.2, 0.25) is 0 Å². The molecule has 7 aromatic rings. The number of carbonyl (C=O) groups excluding carboxylic acids is 4. The van der Waals surface area contributed by atoms with E-state index in [1.807, 2.05) is 70.1 Å². The zero-order valence-corrected chi connectivity index (χ0v) is 33.6. The molecule has 0 bridgehead atoms. The molecule has 0 aliphatic carbocycles. The molecule has 7 rings (SSSR count). The van der Waals surface area contributed by atoms with Crippen LogP contribution in [0, 0.1) is 6.92 Å². The second-order valence-corrected chi connectivity index (χ2v) is 16.8. The molecule has 8 amide bonds. The van der Waals surface area contributed by atoms with Gasteiger partial charge in [0.2, 0.25) is 0 Å². The van der Waals surface area contributed by atoms with Crippen LogP contribution in [0.5, 0.6) is 0 Å². The third-order valence-electron chi connectivity index (χ3n) is 9.08. The molecule has 0 unspecified atom stereocenters. The van der Waals surface area contributed by atoms with E-state index in [-0.39, 0.29) is 32.5 Å². The molecular formula is C43H36N8O8S2. The van der Waals surface area contributed by atoms with Gasteiger partial charge in [0.25, 0.3) is 20.0 Å². The molecule has 0 heterocycles. The Hall–Kier alpha value is -7.96. The molecule has 0 saturated heterocycles. The van der Waals surface area contributed by atoms with Crippen LogP contribution in [0.15, 0.2) is 161 Å². The van der Waals surface area contributed by atoms with E-state index in [0.29, 0.717) is 16.9 Å². The van der Waals surface area contributed by atoms with Gasteiger partial charge in [-0.1, -0.05) is 91.0 Å². The van der Waals surface area contributed by atoms with Gasteiger partial charge in [-0.15, -0.1) is 0 Å². The number of aryl methyl sites for hydroxylation is 1. The maximum absolute atomic E-state index is 13.2. The van der Waals surface area contributed by atoms with E-state index >= 15 is 0 Å². The van der Waals surface area contributed by atoms with Gasteiger partial charge in [-0.2, -0.15) is 0 Å². The molecule has 61 heavy (non-hydrogen) atoms. The minimum Gasteiger partial charge on any atom is -0.308 e. The highest BCUT2D eigenvalue weighted by Gasteiger charge is 2.21. The monoisotopic (exact) mass is 856 g/mol. The third kappa shape index (κ3) is 10.2. The Bertz CT molecular complexity index is 3080. The lowest BCUT2D eigenvalue weighted by atomic mass is 10.1. The minimum atomic E-state index is -4.45. The standard InChI is InChI=1S/C43H36N8O8S2/c1-27-22-23-32(46-42(54)50-60(56,57)33-16-8-14-30(24-33)44-40(52)47-37-20-6-12-28-10-2-4-18-35(28)37)26-39(27)49-43(55)51-61(58,59)34-17-9-15-31(25-34)45-41(53)48-38-21-7-13-29-11-3-5-19-36(29)38/h2-26H,1H3,(H2,44,47,52)(H2,45,48,53)(H2,46,50,54)(H2,49,51,55). The van der Waals surface area contributed by atoms with Gasteiger partial charge in [-0.05, 0) is 83.9 Å². The Morgan fingerprint density at radius 1 is 0.377 bits per heavy atom. The number of carbonyl (C=O) groups is 4. The van der Waals surface area contributed by atoms with E-state index < -0.39 is 44.2 Å². The van der Waals surface area contributed by atoms with Gasteiger partial charge in [0.05, 0.1) is 21.2 Å². The summed E-state index contributed by atoms with van der Waals surface area (Å²) in [5.74, 6) is 0. The molecule has 308 valence electrons. The first-order chi connectivity index (χ1) is 29.2. The van der Waals surface area contributed by atoms with E-state index in [1.165, 1.54) is 66.7 Å². The van der Waals surface area contributed by atoms with E-state index in [1.54, 1.807) is 31.2 Å². The van der Waals surface area contributed by atoms with Crippen LogP contribution in [-0.2, 0) is 20.0 Å². The number of hydrogen-bond acceptors (Lipinski definition) is 8. The predicted molar refractivity (Wildman–Crippen MR) is 236 cm³/mol. The Morgan fingerprint density at radius 2 is 0.770 bits per heavy atom. The van der Waals surface area contributed by atoms with Crippen molar-refractivity contribution in [2.75, 3.05) is 31.9 Å². The van der Waals surface area contributed by atoms with Gasteiger partial charge in [0, 0.05) is 33.5 Å². The highest BCUT2D eigenvalue weighted by molar-refractivity contribution is 7.90. The summed E-state index contributed by atoms with van der Waals surface area (Å²) in [7, 11) is -8.90. The van der Waals surface area contributed by atoms with Gasteiger partial charge < -0.3 is 31.9 Å². The lowest BCUT2D eigenvalue weighted by Crippen LogP contribution is -2.35. The molecule has 0 atom stereocenters. The lowest BCUT2D eigenvalue weighted by Gasteiger charge is -2.14. The van der Waals surface area contributed by atoms with Gasteiger partial charge in [0.15, 0.2) is 0 Å². The second kappa shape index (κ2) is 17.5. The molecule has 18 heteroatoms. The van der Waals surface area contributed by atoms with Crippen molar-refractivity contribution in [3.05, 3.63) is 157 Å². The number of sulfonamides is 2. The number of urea groups is 4. The lowest BCUT2D eigenvalue weighted by molar-refractivity contribution is 0.255. The van der Waals surface area contributed by atoms with Crippen LogP contribution in [0.1, 0.15) is 5.56 Å². The van der Waals surface area contributed by atoms with Crippen molar-refractivity contribution in [3.8, 4) is 0 Å². The average molecular weight is 857 g/mol. The zero-order valence-electron chi connectivity index (χ0n) is 32.0. The fourth-order valence-corrected chi connectivity index (χ4v) is 8.13. The number of hydrogen-bond donors (Lipinski definition) is 8. The van der Waals surface area contributed by atoms with Gasteiger partial charge >= 0.3 is 24.1 Å². The van der Waals surface area contributed by atoms with E-state index in [0.717, 1.165) is 21.5 Å². The number of rotatable bonds is 10. The van der Waals surface area contributed by atoms with Crippen molar-refractivity contribution in [3.63, 3.8) is 0 Å². The van der Waals surface area contributed by atoms with Crippen LogP contribution in [-0.4, -0.2) is 41.0 Å². The van der Waals surface area contributed by atoms with Crippen molar-refractivity contribution < 1.29 is 36.0 Å². The normalized spacial score (nSPS) is 11.2. The van der Waals surface area contributed by atoms with Crippen molar-refractivity contribution in [2.45, 2.75) is 16.7 Å². The van der Waals surface area contributed by atoms with E-state index in [2.05, 4.69) is 31.9 Å². The molecule has 0 aliphatic heterocycles. The number of benzene rings is 7. The van der Waals surface area contributed by atoms with Crippen LogP contribution < -0.4 is 41.3 Å². The molecule has 7 aromatic carbocycles. The summed E-state index contributed by atoms with van der Waals surface area (Å²) in [5, 5.41) is 19.0. The maximum Gasteiger partial charge on any atom is 0.333 e. The molecule has 0 saturated carbocycles. The molecular weight excluding hydrogens is 821 g/mol. The van der Waals surface area contributed by atoms with E-state index in [9.17, 15) is 36.0 Å². The van der Waals surface area contributed by atoms with Crippen LogP contribution in [0.4, 0.5) is 53.3 Å². The van der Waals surface area contributed by atoms with Crippen LogP contribution in [0.25, 0.3) is 21.5 Å². The smallest absolute Gasteiger partial charge is 0.308 e. The third-order valence-corrected chi connectivity index (χ3v) is 11.7. The highest BCUT2D eigenvalue weighted by Crippen LogP contribution is 2.26. The first kappa shape index (κ1) is 41.2. The van der Waals surface area contributed by atoms with Crippen molar-refractivity contribution in [1.29, 1.82) is 0 Å². The summed E-state index contributed by atoms with van der Waals surface area (Å²) < 4.78 is 56.6. The molecule has 16 nitrogen and oxygen atoms in total. The summed E-state index contributed by atoms with van der Waals surface area (Å²) >= 11 is 0. The molecule has 0 aromatic heterocycles. The topological polar surface area (TPSA) is 233 Å². The average Bonchev–Trinajstić information content (AvgIpc) is 3.22. The largest absolute Gasteiger partial charge is 0.333 e. The van der Waals surface area contributed by atoms with Gasteiger partial charge in [-0.3, -0.25) is 0 Å². The molecule has 0 radical (unpaired) electrons. The summed E-state index contributed by atoms with van der Waals surface area (Å²) in [6.45, 7) is 1.61. The fourth-order valence-electron chi connectivity index (χ4n) is 6.22. The minimum absolute atomic E-state index is 0.0533. The summed E-state index contributed by atoms with van der Waals surface area (Å²) in [4.78, 5) is 50.8. The van der Waals surface area contributed by atoms with Crippen molar-refractivity contribution in [1.82, 2.24) is 9.44 Å².